The van der Waals surface area contributed by atoms with Crippen LogP contribution in [0.25, 0.3) is 0 Å². The van der Waals surface area contributed by atoms with E-state index in [0.29, 0.717) is 41.5 Å². The standard InChI is InChI=1S/C18H22ClN3O3/c1-12(2)11-22-16(4-5-20-22)21-17(23)10-13-8-14(19)18-15(9-13)24-6-3-7-25-18/h4-5,8-9,12H,3,6-7,10-11H2,1-2H3,(H,21,23). The highest BCUT2D eigenvalue weighted by atomic mass is 35.5. The van der Waals surface area contributed by atoms with Crippen LogP contribution in [-0.2, 0) is 17.8 Å². The van der Waals surface area contributed by atoms with Crippen molar-refractivity contribution in [1.29, 1.82) is 0 Å². The summed E-state index contributed by atoms with van der Waals surface area (Å²) < 4.78 is 13.1. The predicted octanol–water partition coefficient (Wildman–Crippen LogP) is 3.54. The van der Waals surface area contributed by atoms with Crippen LogP contribution in [0, 0.1) is 5.92 Å². The van der Waals surface area contributed by atoms with E-state index in [2.05, 4.69) is 24.3 Å². The fourth-order valence-electron chi connectivity index (χ4n) is 2.69. The van der Waals surface area contributed by atoms with Gasteiger partial charge in [0, 0.05) is 19.0 Å². The molecule has 1 aromatic heterocycles. The van der Waals surface area contributed by atoms with Crippen LogP contribution >= 0.6 is 11.6 Å². The largest absolute Gasteiger partial charge is 0.489 e. The van der Waals surface area contributed by atoms with Crippen LogP contribution in [0.15, 0.2) is 24.4 Å². The van der Waals surface area contributed by atoms with Gasteiger partial charge in [-0.1, -0.05) is 25.4 Å². The number of benzene rings is 1. The molecule has 0 aliphatic carbocycles. The van der Waals surface area contributed by atoms with Crippen LogP contribution in [0.4, 0.5) is 5.82 Å². The number of carbonyl (C=O) groups is 1. The van der Waals surface area contributed by atoms with Gasteiger partial charge in [0.15, 0.2) is 11.5 Å². The van der Waals surface area contributed by atoms with Gasteiger partial charge in [0.25, 0.3) is 0 Å². The average molecular weight is 364 g/mol. The normalized spacial score (nSPS) is 13.6. The molecule has 1 aliphatic rings. The van der Waals surface area contributed by atoms with Gasteiger partial charge in [0.05, 0.1) is 30.9 Å². The van der Waals surface area contributed by atoms with E-state index < -0.39 is 0 Å². The third-order valence-electron chi connectivity index (χ3n) is 3.75. The van der Waals surface area contributed by atoms with E-state index in [0.717, 1.165) is 18.5 Å². The van der Waals surface area contributed by atoms with Gasteiger partial charge < -0.3 is 14.8 Å². The summed E-state index contributed by atoms with van der Waals surface area (Å²) in [7, 11) is 0. The van der Waals surface area contributed by atoms with Crippen molar-refractivity contribution in [3.8, 4) is 11.5 Å². The Morgan fingerprint density at radius 2 is 2.16 bits per heavy atom. The summed E-state index contributed by atoms with van der Waals surface area (Å²) in [5.74, 6) is 2.15. The molecule has 0 saturated carbocycles. The number of aromatic nitrogens is 2. The molecule has 1 aromatic carbocycles. The Labute approximate surface area is 152 Å². The molecule has 3 rings (SSSR count). The zero-order chi connectivity index (χ0) is 17.8. The lowest BCUT2D eigenvalue weighted by Gasteiger charge is -2.13. The van der Waals surface area contributed by atoms with Crippen LogP contribution in [0.2, 0.25) is 5.02 Å². The van der Waals surface area contributed by atoms with E-state index in [1.165, 1.54) is 0 Å². The number of halogens is 1. The average Bonchev–Trinajstić information content (AvgIpc) is 2.81. The smallest absolute Gasteiger partial charge is 0.229 e. The second kappa shape index (κ2) is 7.78. The SMILES string of the molecule is CC(C)Cn1nccc1NC(=O)Cc1cc(Cl)c2c(c1)OCCCO2. The third-order valence-corrected chi connectivity index (χ3v) is 4.03. The van der Waals surface area contributed by atoms with Crippen LogP contribution in [0.1, 0.15) is 25.8 Å². The Bertz CT molecular complexity index is 758. The molecule has 25 heavy (non-hydrogen) atoms. The first-order valence-electron chi connectivity index (χ1n) is 8.42. The van der Waals surface area contributed by atoms with E-state index in [1.807, 2.05) is 6.07 Å². The highest BCUT2D eigenvalue weighted by Gasteiger charge is 2.17. The summed E-state index contributed by atoms with van der Waals surface area (Å²) in [5.41, 5.74) is 0.779. The number of ether oxygens (including phenoxy) is 2. The minimum atomic E-state index is -0.129. The molecule has 7 heteroatoms. The minimum Gasteiger partial charge on any atom is -0.489 e. The Morgan fingerprint density at radius 1 is 1.36 bits per heavy atom. The summed E-state index contributed by atoms with van der Waals surface area (Å²) in [6.07, 6.45) is 2.69. The van der Waals surface area contributed by atoms with E-state index in [4.69, 9.17) is 21.1 Å². The molecule has 1 aliphatic heterocycles. The van der Waals surface area contributed by atoms with Crippen molar-refractivity contribution in [3.63, 3.8) is 0 Å². The number of hydrogen-bond acceptors (Lipinski definition) is 4. The van der Waals surface area contributed by atoms with E-state index in [1.54, 1.807) is 23.0 Å². The molecule has 0 atom stereocenters. The molecule has 1 N–H and O–H groups in total. The summed E-state index contributed by atoms with van der Waals surface area (Å²) in [4.78, 5) is 12.4. The zero-order valence-corrected chi connectivity index (χ0v) is 15.2. The highest BCUT2D eigenvalue weighted by molar-refractivity contribution is 6.32. The lowest BCUT2D eigenvalue weighted by atomic mass is 10.1. The van der Waals surface area contributed by atoms with Crippen molar-refractivity contribution >= 4 is 23.3 Å². The molecule has 0 unspecified atom stereocenters. The van der Waals surface area contributed by atoms with Gasteiger partial charge in [-0.15, -0.1) is 0 Å². The monoisotopic (exact) mass is 363 g/mol. The molecular weight excluding hydrogens is 342 g/mol. The maximum Gasteiger partial charge on any atom is 0.229 e. The number of anilines is 1. The zero-order valence-electron chi connectivity index (χ0n) is 14.4. The molecule has 0 fully saturated rings. The maximum absolute atomic E-state index is 12.4. The first-order chi connectivity index (χ1) is 12.0. The van der Waals surface area contributed by atoms with E-state index in [-0.39, 0.29) is 12.3 Å². The van der Waals surface area contributed by atoms with Crippen LogP contribution < -0.4 is 14.8 Å². The number of nitrogens with zero attached hydrogens (tertiary/aromatic N) is 2. The van der Waals surface area contributed by atoms with Crippen molar-refractivity contribution in [2.45, 2.75) is 33.2 Å². The second-order valence-corrected chi connectivity index (χ2v) is 6.88. The van der Waals surface area contributed by atoms with Crippen molar-refractivity contribution in [1.82, 2.24) is 9.78 Å². The lowest BCUT2D eigenvalue weighted by Crippen LogP contribution is -2.18. The number of hydrogen-bond donors (Lipinski definition) is 1. The molecule has 1 amide bonds. The molecule has 2 heterocycles. The summed E-state index contributed by atoms with van der Waals surface area (Å²) in [6.45, 7) is 6.11. The molecule has 2 aromatic rings. The van der Waals surface area contributed by atoms with Gasteiger partial charge in [0.1, 0.15) is 5.82 Å². The van der Waals surface area contributed by atoms with Gasteiger partial charge in [-0.3, -0.25) is 4.79 Å². The molecule has 0 spiro atoms. The number of nitrogens with one attached hydrogen (secondary N) is 1. The summed E-state index contributed by atoms with van der Waals surface area (Å²) in [6, 6.07) is 5.36. The molecule has 0 radical (unpaired) electrons. The molecule has 134 valence electrons. The summed E-state index contributed by atoms with van der Waals surface area (Å²) in [5, 5.41) is 7.61. The van der Waals surface area contributed by atoms with Crippen LogP contribution in [0.5, 0.6) is 11.5 Å². The first-order valence-corrected chi connectivity index (χ1v) is 8.80. The summed E-state index contributed by atoms with van der Waals surface area (Å²) >= 11 is 6.28. The van der Waals surface area contributed by atoms with E-state index >= 15 is 0 Å². The molecule has 0 saturated heterocycles. The quantitative estimate of drug-likeness (QED) is 0.882. The van der Waals surface area contributed by atoms with Crippen molar-refractivity contribution in [2.24, 2.45) is 5.92 Å². The van der Waals surface area contributed by atoms with Crippen LogP contribution in [0.3, 0.4) is 0 Å². The lowest BCUT2D eigenvalue weighted by molar-refractivity contribution is -0.115. The van der Waals surface area contributed by atoms with Crippen molar-refractivity contribution in [2.75, 3.05) is 18.5 Å². The maximum atomic E-state index is 12.4. The topological polar surface area (TPSA) is 65.4 Å². The Kier molecular flexibility index (Phi) is 5.48. The third kappa shape index (κ3) is 4.45. The van der Waals surface area contributed by atoms with Gasteiger partial charge in [-0.05, 0) is 23.6 Å². The Hall–Kier alpha value is -2.21. The minimum absolute atomic E-state index is 0.129. The molecule has 6 nitrogen and oxygen atoms in total. The number of amides is 1. The van der Waals surface area contributed by atoms with Crippen molar-refractivity contribution < 1.29 is 14.3 Å². The Morgan fingerprint density at radius 3 is 2.96 bits per heavy atom. The Balaban J connectivity index is 1.70. The highest BCUT2D eigenvalue weighted by Crippen LogP contribution is 2.38. The van der Waals surface area contributed by atoms with Crippen LogP contribution in [-0.4, -0.2) is 28.9 Å². The number of carbonyl (C=O) groups excluding carboxylic acids is 1. The number of fused-ring (bicyclic) bond motifs is 1. The van der Waals surface area contributed by atoms with Gasteiger partial charge >= 0.3 is 0 Å². The number of rotatable bonds is 5. The fraction of sp³-hybridized carbons (Fsp3) is 0.444. The van der Waals surface area contributed by atoms with Gasteiger partial charge in [-0.2, -0.15) is 5.10 Å². The molecule has 0 bridgehead atoms. The second-order valence-electron chi connectivity index (χ2n) is 6.47. The molecular formula is C18H22ClN3O3. The van der Waals surface area contributed by atoms with Gasteiger partial charge in [0.2, 0.25) is 5.91 Å². The first kappa shape index (κ1) is 17.6. The van der Waals surface area contributed by atoms with E-state index in [9.17, 15) is 4.79 Å². The van der Waals surface area contributed by atoms with Crippen molar-refractivity contribution in [3.05, 3.63) is 35.0 Å². The van der Waals surface area contributed by atoms with Gasteiger partial charge in [-0.25, -0.2) is 4.68 Å². The predicted molar refractivity (Wildman–Crippen MR) is 96.5 cm³/mol. The fourth-order valence-corrected chi connectivity index (χ4v) is 2.98.